The van der Waals surface area contributed by atoms with E-state index in [1.807, 2.05) is 54.6 Å². The lowest BCUT2D eigenvalue weighted by Crippen LogP contribution is -1.93. The standard InChI is InChI=1S/C12H10N2/c1-3-7-11(8-4-1)13-14-12-9-5-2-6-10-12/h1-5,7-10,12H. The van der Waals surface area contributed by atoms with Crippen molar-refractivity contribution in [1.29, 1.82) is 0 Å². The summed E-state index contributed by atoms with van der Waals surface area (Å²) in [5, 5.41) is 8.27. The first-order chi connectivity index (χ1) is 6.95. The third kappa shape index (κ3) is 2.28. The fraction of sp³-hybridized carbons (Fsp3) is 0.0833. The Morgan fingerprint density at radius 2 is 2.00 bits per heavy atom. The van der Waals surface area contributed by atoms with Crippen molar-refractivity contribution >= 4 is 5.69 Å². The van der Waals surface area contributed by atoms with Crippen LogP contribution in [0.5, 0.6) is 0 Å². The summed E-state index contributed by atoms with van der Waals surface area (Å²) in [6.07, 6.45) is 7.64. The Morgan fingerprint density at radius 1 is 1.14 bits per heavy atom. The van der Waals surface area contributed by atoms with E-state index >= 15 is 0 Å². The molecule has 0 bridgehead atoms. The van der Waals surface area contributed by atoms with Crippen molar-refractivity contribution in [2.45, 2.75) is 6.04 Å². The van der Waals surface area contributed by atoms with E-state index in [0.717, 1.165) is 5.69 Å². The van der Waals surface area contributed by atoms with Crippen LogP contribution in [0, 0.1) is 0 Å². The molecule has 0 N–H and O–H groups in total. The van der Waals surface area contributed by atoms with Crippen LogP contribution in [-0.4, -0.2) is 6.04 Å². The topological polar surface area (TPSA) is 24.7 Å². The Balaban J connectivity index is 2.08. The van der Waals surface area contributed by atoms with E-state index < -0.39 is 0 Å². The molecule has 2 heteroatoms. The van der Waals surface area contributed by atoms with Crippen LogP contribution in [0.15, 0.2) is 70.6 Å². The van der Waals surface area contributed by atoms with Crippen LogP contribution < -0.4 is 0 Å². The molecule has 0 fully saturated rings. The molecule has 1 aliphatic rings. The monoisotopic (exact) mass is 182 g/mol. The molecule has 0 radical (unpaired) electrons. The fourth-order valence-corrected chi connectivity index (χ4v) is 1.13. The summed E-state index contributed by atoms with van der Waals surface area (Å²) in [6.45, 7) is 0. The minimum absolute atomic E-state index is 0.0280. The van der Waals surface area contributed by atoms with Crippen LogP contribution in [0.4, 0.5) is 5.69 Å². The predicted molar refractivity (Wildman–Crippen MR) is 56.5 cm³/mol. The largest absolute Gasteiger partial charge is 0.176 e. The van der Waals surface area contributed by atoms with Gasteiger partial charge in [0.05, 0.1) is 5.69 Å². The summed E-state index contributed by atoms with van der Waals surface area (Å²) in [4.78, 5) is 0. The van der Waals surface area contributed by atoms with E-state index in [1.165, 1.54) is 0 Å². The summed E-state index contributed by atoms with van der Waals surface area (Å²) in [6, 6.07) is 9.73. The van der Waals surface area contributed by atoms with Crippen molar-refractivity contribution in [2.75, 3.05) is 0 Å². The van der Waals surface area contributed by atoms with Gasteiger partial charge in [-0.2, -0.15) is 10.2 Å². The van der Waals surface area contributed by atoms with E-state index in [-0.39, 0.29) is 6.04 Å². The second kappa shape index (κ2) is 4.35. The fourth-order valence-electron chi connectivity index (χ4n) is 1.13. The van der Waals surface area contributed by atoms with Gasteiger partial charge < -0.3 is 0 Å². The van der Waals surface area contributed by atoms with E-state index in [9.17, 15) is 0 Å². The van der Waals surface area contributed by atoms with Crippen molar-refractivity contribution < 1.29 is 0 Å². The Bertz CT molecular complexity index is 409. The van der Waals surface area contributed by atoms with Crippen LogP contribution in [0.2, 0.25) is 0 Å². The smallest absolute Gasteiger partial charge is 0.115 e. The highest BCUT2D eigenvalue weighted by Gasteiger charge is 1.96. The molecule has 68 valence electrons. The molecule has 1 atom stereocenters. The molecule has 0 aromatic heterocycles. The highest BCUT2D eigenvalue weighted by atomic mass is 15.1. The molecule has 0 spiro atoms. The van der Waals surface area contributed by atoms with Gasteiger partial charge in [-0.25, -0.2) is 0 Å². The first-order valence-electron chi connectivity index (χ1n) is 4.50. The molecule has 2 nitrogen and oxygen atoms in total. The number of nitrogens with zero attached hydrogens (tertiary/aromatic N) is 2. The molecular weight excluding hydrogens is 172 g/mol. The summed E-state index contributed by atoms with van der Waals surface area (Å²) in [5.41, 5.74) is 3.86. The minimum Gasteiger partial charge on any atom is -0.176 e. The third-order valence-corrected chi connectivity index (χ3v) is 1.83. The van der Waals surface area contributed by atoms with Crippen molar-refractivity contribution in [2.24, 2.45) is 10.2 Å². The van der Waals surface area contributed by atoms with Gasteiger partial charge in [-0.05, 0) is 24.3 Å². The summed E-state index contributed by atoms with van der Waals surface area (Å²) < 4.78 is 0. The molecular formula is C12H10N2. The Kier molecular flexibility index (Phi) is 2.70. The zero-order chi connectivity index (χ0) is 9.64. The van der Waals surface area contributed by atoms with Crippen molar-refractivity contribution in [1.82, 2.24) is 0 Å². The average molecular weight is 182 g/mol. The highest BCUT2D eigenvalue weighted by Crippen LogP contribution is 2.12. The van der Waals surface area contributed by atoms with Gasteiger partial charge in [-0.3, -0.25) is 0 Å². The quantitative estimate of drug-likeness (QED) is 0.494. The number of hydrogen-bond acceptors (Lipinski definition) is 2. The van der Waals surface area contributed by atoms with E-state index in [0.29, 0.717) is 0 Å². The Morgan fingerprint density at radius 3 is 2.71 bits per heavy atom. The van der Waals surface area contributed by atoms with Crippen LogP contribution in [0.1, 0.15) is 0 Å². The van der Waals surface area contributed by atoms with Crippen molar-refractivity contribution in [3.8, 4) is 0 Å². The first kappa shape index (κ1) is 8.67. The van der Waals surface area contributed by atoms with Crippen LogP contribution in [-0.2, 0) is 0 Å². The van der Waals surface area contributed by atoms with Gasteiger partial charge in [-0.1, -0.05) is 30.4 Å². The number of azo groups is 1. The van der Waals surface area contributed by atoms with E-state index in [1.54, 1.807) is 0 Å². The Hall–Kier alpha value is -1.92. The molecule has 1 unspecified atom stereocenters. The van der Waals surface area contributed by atoms with Gasteiger partial charge in [0, 0.05) is 0 Å². The molecule has 0 amide bonds. The molecule has 0 heterocycles. The molecule has 1 aromatic carbocycles. The zero-order valence-corrected chi connectivity index (χ0v) is 7.67. The van der Waals surface area contributed by atoms with Gasteiger partial charge in [0.15, 0.2) is 0 Å². The maximum Gasteiger partial charge on any atom is 0.115 e. The van der Waals surface area contributed by atoms with Crippen LogP contribution in [0.25, 0.3) is 0 Å². The minimum atomic E-state index is 0.0280. The molecule has 0 saturated heterocycles. The third-order valence-electron chi connectivity index (χ3n) is 1.83. The van der Waals surface area contributed by atoms with E-state index in [2.05, 4.69) is 16.0 Å². The predicted octanol–water partition coefficient (Wildman–Crippen LogP) is 3.42. The van der Waals surface area contributed by atoms with Crippen molar-refractivity contribution in [3.63, 3.8) is 0 Å². The molecule has 0 saturated carbocycles. The Labute approximate surface area is 83.0 Å². The van der Waals surface area contributed by atoms with Gasteiger partial charge in [0.2, 0.25) is 0 Å². The van der Waals surface area contributed by atoms with Crippen molar-refractivity contribution in [3.05, 3.63) is 60.4 Å². The summed E-state index contributed by atoms with van der Waals surface area (Å²) in [7, 11) is 0. The maximum atomic E-state index is 4.15. The number of allylic oxidation sites excluding steroid dienone is 1. The van der Waals surface area contributed by atoms with Gasteiger partial charge in [0.1, 0.15) is 6.04 Å². The zero-order valence-electron chi connectivity index (χ0n) is 7.67. The molecule has 1 aliphatic carbocycles. The first-order valence-corrected chi connectivity index (χ1v) is 4.50. The molecule has 1 aromatic rings. The summed E-state index contributed by atoms with van der Waals surface area (Å²) >= 11 is 0. The number of hydrogen-bond donors (Lipinski definition) is 0. The highest BCUT2D eigenvalue weighted by molar-refractivity contribution is 5.35. The van der Waals surface area contributed by atoms with Gasteiger partial charge in [0.25, 0.3) is 0 Å². The lowest BCUT2D eigenvalue weighted by Gasteiger charge is -1.98. The number of rotatable bonds is 2. The average Bonchev–Trinajstić information content (AvgIpc) is 2.29. The molecule has 2 rings (SSSR count). The normalized spacial score (nSPS) is 19.3. The maximum absolute atomic E-state index is 4.15. The SMILES string of the molecule is C1=CC=CC(N=Nc2ccccc2)C=1. The second-order valence-electron chi connectivity index (χ2n) is 2.93. The summed E-state index contributed by atoms with van der Waals surface area (Å²) in [5.74, 6) is 0. The van der Waals surface area contributed by atoms with E-state index in [4.69, 9.17) is 0 Å². The molecule has 0 aliphatic heterocycles. The molecule has 14 heavy (non-hydrogen) atoms. The lowest BCUT2D eigenvalue weighted by atomic mass is 10.2. The van der Waals surface area contributed by atoms with Gasteiger partial charge >= 0.3 is 0 Å². The van der Waals surface area contributed by atoms with Gasteiger partial charge in [-0.15, -0.1) is 5.73 Å². The lowest BCUT2D eigenvalue weighted by molar-refractivity contribution is 0.926. The number of benzene rings is 1. The van der Waals surface area contributed by atoms with Crippen LogP contribution in [0.3, 0.4) is 0 Å². The van der Waals surface area contributed by atoms with Crippen LogP contribution >= 0.6 is 0 Å². The second-order valence-corrected chi connectivity index (χ2v) is 2.93.